The van der Waals surface area contributed by atoms with Crippen LogP contribution in [-0.2, 0) is 4.79 Å². The standard InChI is InChI=1S/C21H29N3O.2ClH/c1-3-24(19-13-8-5-9-14-19)16-10-15-23-21(25)17(2)20(22)18-11-6-4-7-12-18;;/h4-9,11-14,17,20H,3,10,15-16,22H2,1-2H3,(H,23,25);2*1H. The van der Waals surface area contributed by atoms with E-state index in [9.17, 15) is 4.79 Å². The van der Waals surface area contributed by atoms with E-state index < -0.39 is 0 Å². The lowest BCUT2D eigenvalue weighted by molar-refractivity contribution is -0.125. The molecule has 6 heteroatoms. The molecule has 0 saturated carbocycles. The van der Waals surface area contributed by atoms with Gasteiger partial charge >= 0.3 is 0 Å². The number of para-hydroxylation sites is 1. The molecule has 2 aromatic carbocycles. The molecule has 1 amide bonds. The summed E-state index contributed by atoms with van der Waals surface area (Å²) >= 11 is 0. The van der Waals surface area contributed by atoms with Gasteiger partial charge in [0.1, 0.15) is 0 Å². The lowest BCUT2D eigenvalue weighted by Crippen LogP contribution is -2.37. The maximum absolute atomic E-state index is 12.3. The van der Waals surface area contributed by atoms with Crippen LogP contribution >= 0.6 is 24.8 Å². The highest BCUT2D eigenvalue weighted by Gasteiger charge is 2.21. The second-order valence-corrected chi connectivity index (χ2v) is 6.28. The Bertz CT molecular complexity index is 640. The van der Waals surface area contributed by atoms with Crippen molar-refractivity contribution in [3.8, 4) is 0 Å². The molecular weight excluding hydrogens is 381 g/mol. The number of benzene rings is 2. The van der Waals surface area contributed by atoms with E-state index in [1.807, 2.05) is 55.5 Å². The molecular formula is C21H31Cl2N3O. The van der Waals surface area contributed by atoms with Gasteiger partial charge in [0.05, 0.1) is 5.92 Å². The Morgan fingerprint density at radius 1 is 1.04 bits per heavy atom. The van der Waals surface area contributed by atoms with Gasteiger partial charge in [-0.05, 0) is 31.0 Å². The van der Waals surface area contributed by atoms with Crippen LogP contribution < -0.4 is 16.0 Å². The van der Waals surface area contributed by atoms with Crippen molar-refractivity contribution in [3.63, 3.8) is 0 Å². The Morgan fingerprint density at radius 2 is 1.59 bits per heavy atom. The number of rotatable bonds is 9. The average Bonchev–Trinajstić information content (AvgIpc) is 2.68. The fourth-order valence-electron chi connectivity index (χ4n) is 2.88. The van der Waals surface area contributed by atoms with Gasteiger partial charge < -0.3 is 16.0 Å². The Kier molecular flexibility index (Phi) is 12.6. The van der Waals surface area contributed by atoms with Gasteiger partial charge in [-0.2, -0.15) is 0 Å². The Morgan fingerprint density at radius 3 is 2.15 bits per heavy atom. The van der Waals surface area contributed by atoms with E-state index >= 15 is 0 Å². The Balaban J connectivity index is 0.00000338. The molecule has 150 valence electrons. The zero-order valence-electron chi connectivity index (χ0n) is 16.0. The van der Waals surface area contributed by atoms with Gasteiger partial charge in [-0.1, -0.05) is 55.5 Å². The molecule has 0 aromatic heterocycles. The van der Waals surface area contributed by atoms with Crippen LogP contribution in [0.2, 0.25) is 0 Å². The van der Waals surface area contributed by atoms with Crippen molar-refractivity contribution in [1.82, 2.24) is 5.32 Å². The molecule has 3 N–H and O–H groups in total. The smallest absolute Gasteiger partial charge is 0.224 e. The summed E-state index contributed by atoms with van der Waals surface area (Å²) in [5.41, 5.74) is 8.43. The van der Waals surface area contributed by atoms with Crippen molar-refractivity contribution in [3.05, 3.63) is 66.2 Å². The third-order valence-corrected chi connectivity index (χ3v) is 4.54. The number of anilines is 1. The minimum absolute atomic E-state index is 0. The molecule has 0 aliphatic carbocycles. The quantitative estimate of drug-likeness (QED) is 0.607. The lowest BCUT2D eigenvalue weighted by Gasteiger charge is -2.24. The summed E-state index contributed by atoms with van der Waals surface area (Å²) in [6.45, 7) is 6.56. The predicted octanol–water partition coefficient (Wildman–Crippen LogP) is 4.20. The summed E-state index contributed by atoms with van der Waals surface area (Å²) in [4.78, 5) is 14.6. The summed E-state index contributed by atoms with van der Waals surface area (Å²) in [7, 11) is 0. The molecule has 0 spiro atoms. The topological polar surface area (TPSA) is 58.4 Å². The Hall–Kier alpha value is -1.75. The van der Waals surface area contributed by atoms with Gasteiger partial charge in [0.15, 0.2) is 0 Å². The van der Waals surface area contributed by atoms with Crippen molar-refractivity contribution in [2.75, 3.05) is 24.5 Å². The normalized spacial score (nSPS) is 12.1. The monoisotopic (exact) mass is 411 g/mol. The molecule has 2 rings (SSSR count). The molecule has 2 atom stereocenters. The number of carbonyl (C=O) groups is 1. The minimum Gasteiger partial charge on any atom is -0.372 e. The number of nitrogens with zero attached hydrogens (tertiary/aromatic N) is 1. The zero-order valence-corrected chi connectivity index (χ0v) is 17.6. The molecule has 0 aliphatic rings. The fourth-order valence-corrected chi connectivity index (χ4v) is 2.88. The fraction of sp³-hybridized carbons (Fsp3) is 0.381. The molecule has 4 nitrogen and oxygen atoms in total. The molecule has 0 aliphatic heterocycles. The van der Waals surface area contributed by atoms with Gasteiger partial charge in [-0.25, -0.2) is 0 Å². The number of hydrogen-bond donors (Lipinski definition) is 2. The second-order valence-electron chi connectivity index (χ2n) is 6.28. The van der Waals surface area contributed by atoms with Crippen LogP contribution in [0.4, 0.5) is 5.69 Å². The maximum atomic E-state index is 12.3. The summed E-state index contributed by atoms with van der Waals surface area (Å²) in [5.74, 6) is -0.238. The average molecular weight is 412 g/mol. The number of halogens is 2. The molecule has 0 fully saturated rings. The van der Waals surface area contributed by atoms with Gasteiger partial charge in [0.2, 0.25) is 5.91 Å². The van der Waals surface area contributed by atoms with Crippen LogP contribution in [-0.4, -0.2) is 25.5 Å². The lowest BCUT2D eigenvalue weighted by atomic mass is 9.95. The van der Waals surface area contributed by atoms with Gasteiger partial charge in [0.25, 0.3) is 0 Å². The number of amides is 1. The number of nitrogens with one attached hydrogen (secondary N) is 1. The van der Waals surface area contributed by atoms with E-state index in [0.29, 0.717) is 6.54 Å². The highest BCUT2D eigenvalue weighted by Crippen LogP contribution is 2.19. The van der Waals surface area contributed by atoms with Gasteiger partial charge in [0, 0.05) is 31.4 Å². The third kappa shape index (κ3) is 7.79. The van der Waals surface area contributed by atoms with E-state index in [4.69, 9.17) is 5.73 Å². The van der Waals surface area contributed by atoms with Crippen LogP contribution in [0.1, 0.15) is 31.9 Å². The number of nitrogens with two attached hydrogens (primary N) is 1. The van der Waals surface area contributed by atoms with E-state index in [2.05, 4.69) is 29.3 Å². The van der Waals surface area contributed by atoms with E-state index in [0.717, 1.165) is 25.1 Å². The third-order valence-electron chi connectivity index (χ3n) is 4.54. The van der Waals surface area contributed by atoms with Crippen LogP contribution in [0.15, 0.2) is 60.7 Å². The van der Waals surface area contributed by atoms with Gasteiger partial charge in [-0.3, -0.25) is 4.79 Å². The highest BCUT2D eigenvalue weighted by atomic mass is 35.5. The zero-order chi connectivity index (χ0) is 18.1. The van der Waals surface area contributed by atoms with Crippen molar-refractivity contribution < 1.29 is 4.79 Å². The Labute approximate surface area is 175 Å². The number of carbonyl (C=O) groups excluding carboxylic acids is 1. The first-order chi connectivity index (χ1) is 12.1. The van der Waals surface area contributed by atoms with Crippen molar-refractivity contribution in [1.29, 1.82) is 0 Å². The molecule has 0 radical (unpaired) electrons. The van der Waals surface area contributed by atoms with Crippen molar-refractivity contribution in [2.45, 2.75) is 26.3 Å². The summed E-state index contributed by atoms with van der Waals surface area (Å²) in [6.07, 6.45) is 0.905. The first-order valence-electron chi connectivity index (χ1n) is 9.01. The molecule has 2 aromatic rings. The molecule has 27 heavy (non-hydrogen) atoms. The maximum Gasteiger partial charge on any atom is 0.224 e. The molecule has 0 heterocycles. The van der Waals surface area contributed by atoms with Crippen LogP contribution in [0, 0.1) is 5.92 Å². The van der Waals surface area contributed by atoms with Crippen LogP contribution in [0.5, 0.6) is 0 Å². The summed E-state index contributed by atoms with van der Waals surface area (Å²) < 4.78 is 0. The van der Waals surface area contributed by atoms with E-state index in [-0.39, 0.29) is 42.7 Å². The van der Waals surface area contributed by atoms with Crippen molar-refractivity contribution in [2.24, 2.45) is 11.7 Å². The van der Waals surface area contributed by atoms with E-state index in [1.165, 1.54) is 5.69 Å². The molecule has 0 saturated heterocycles. The van der Waals surface area contributed by atoms with Gasteiger partial charge in [-0.15, -0.1) is 24.8 Å². The minimum atomic E-state index is -0.280. The predicted molar refractivity (Wildman–Crippen MR) is 119 cm³/mol. The molecule has 2 unspecified atom stereocenters. The van der Waals surface area contributed by atoms with E-state index in [1.54, 1.807) is 0 Å². The summed E-state index contributed by atoms with van der Waals surface area (Å²) in [5, 5.41) is 3.02. The van der Waals surface area contributed by atoms with Crippen LogP contribution in [0.3, 0.4) is 0 Å². The highest BCUT2D eigenvalue weighted by molar-refractivity contribution is 5.85. The van der Waals surface area contributed by atoms with Crippen LogP contribution in [0.25, 0.3) is 0 Å². The number of hydrogen-bond acceptors (Lipinski definition) is 3. The first kappa shape index (κ1) is 25.2. The first-order valence-corrected chi connectivity index (χ1v) is 9.01. The summed E-state index contributed by atoms with van der Waals surface area (Å²) in [6, 6.07) is 19.8. The van der Waals surface area contributed by atoms with Crippen molar-refractivity contribution >= 4 is 36.4 Å². The second kappa shape index (κ2) is 13.4. The largest absolute Gasteiger partial charge is 0.372 e. The molecule has 0 bridgehead atoms. The SMILES string of the molecule is CCN(CCCNC(=O)C(C)C(N)c1ccccc1)c1ccccc1.Cl.Cl.